The van der Waals surface area contributed by atoms with Gasteiger partial charge in [-0.05, 0) is 18.1 Å². The monoisotopic (exact) mass is 391 g/mol. The van der Waals surface area contributed by atoms with Crippen molar-refractivity contribution in [2.24, 2.45) is 5.92 Å². The Kier molecular flexibility index (Phi) is 6.99. The third kappa shape index (κ3) is 4.34. The lowest BCUT2D eigenvalue weighted by Gasteiger charge is -2.27. The number of carboxylic acids is 1. The number of hydrogen-bond donors (Lipinski definition) is 1. The summed E-state index contributed by atoms with van der Waals surface area (Å²) in [5.41, 5.74) is 0.727. The molecule has 0 unspecified atom stereocenters. The number of hydrogen-bond acceptors (Lipinski definition) is 5. The highest BCUT2D eigenvalue weighted by molar-refractivity contribution is 8.26. The Labute approximate surface area is 162 Å². The van der Waals surface area contributed by atoms with Gasteiger partial charge in [0.1, 0.15) is 22.7 Å². The van der Waals surface area contributed by atoms with Crippen molar-refractivity contribution in [1.29, 1.82) is 0 Å². The van der Waals surface area contributed by atoms with Gasteiger partial charge in [0, 0.05) is 5.56 Å². The normalized spacial score (nSPS) is 18.1. The minimum absolute atomic E-state index is 0.211. The van der Waals surface area contributed by atoms with Crippen LogP contribution in [0.15, 0.2) is 41.8 Å². The summed E-state index contributed by atoms with van der Waals surface area (Å²) in [5.74, 6) is -1.02. The molecule has 2 rings (SSSR count). The fourth-order valence-electron chi connectivity index (χ4n) is 2.57. The summed E-state index contributed by atoms with van der Waals surface area (Å²) in [6.45, 7) is 7.67. The largest absolute Gasteiger partial charge is 0.489 e. The highest BCUT2D eigenvalue weighted by Gasteiger charge is 2.42. The van der Waals surface area contributed by atoms with Gasteiger partial charge in [0.25, 0.3) is 5.91 Å². The fraction of sp³-hybridized carbons (Fsp3) is 0.316. The predicted molar refractivity (Wildman–Crippen MR) is 108 cm³/mol. The molecule has 1 heterocycles. The number of carbonyl (C=O) groups excluding carboxylic acids is 1. The van der Waals surface area contributed by atoms with Crippen molar-refractivity contribution in [3.05, 3.63) is 47.4 Å². The SMILES string of the molecule is C=CCOc1ccccc1/C=C1\SC(=S)N([C@@H](C(=O)O)[C@H](C)CC)C1=O. The van der Waals surface area contributed by atoms with Crippen LogP contribution in [0.1, 0.15) is 25.8 Å². The molecule has 1 aromatic rings. The summed E-state index contributed by atoms with van der Waals surface area (Å²) in [7, 11) is 0. The summed E-state index contributed by atoms with van der Waals surface area (Å²) < 4.78 is 5.87. The molecule has 2 atom stereocenters. The number of para-hydroxylation sites is 1. The highest BCUT2D eigenvalue weighted by Crippen LogP contribution is 2.37. The zero-order valence-electron chi connectivity index (χ0n) is 14.7. The maximum atomic E-state index is 12.8. The van der Waals surface area contributed by atoms with Gasteiger partial charge in [-0.1, -0.05) is 75.1 Å². The van der Waals surface area contributed by atoms with Gasteiger partial charge in [-0.25, -0.2) is 4.79 Å². The van der Waals surface area contributed by atoms with Gasteiger partial charge in [-0.3, -0.25) is 9.69 Å². The number of nitrogens with zero attached hydrogens (tertiary/aromatic N) is 1. The van der Waals surface area contributed by atoms with Gasteiger partial charge < -0.3 is 9.84 Å². The van der Waals surface area contributed by atoms with E-state index >= 15 is 0 Å². The Bertz CT molecular complexity index is 760. The van der Waals surface area contributed by atoms with E-state index in [0.717, 1.165) is 17.3 Å². The third-order valence-corrected chi connectivity index (χ3v) is 5.43. The van der Waals surface area contributed by atoms with Gasteiger partial charge in [-0.15, -0.1) is 0 Å². The Morgan fingerprint density at radius 2 is 2.15 bits per heavy atom. The first kappa shape index (κ1) is 20.2. The van der Waals surface area contributed by atoms with Gasteiger partial charge in [-0.2, -0.15) is 0 Å². The first-order valence-corrected chi connectivity index (χ1v) is 9.45. The number of rotatable bonds is 8. The number of aliphatic carboxylic acids is 1. The Morgan fingerprint density at radius 3 is 2.77 bits per heavy atom. The van der Waals surface area contributed by atoms with Crippen LogP contribution in [0.3, 0.4) is 0 Å². The zero-order chi connectivity index (χ0) is 19.3. The summed E-state index contributed by atoms with van der Waals surface area (Å²) in [4.78, 5) is 26.2. The van der Waals surface area contributed by atoms with Gasteiger partial charge in [0.2, 0.25) is 0 Å². The van der Waals surface area contributed by atoms with Crippen molar-refractivity contribution in [3.63, 3.8) is 0 Å². The molecule has 1 fully saturated rings. The van der Waals surface area contributed by atoms with Crippen LogP contribution in [0.4, 0.5) is 0 Å². The molecule has 0 saturated carbocycles. The minimum Gasteiger partial charge on any atom is -0.489 e. The minimum atomic E-state index is -1.05. The van der Waals surface area contributed by atoms with Crippen molar-refractivity contribution < 1.29 is 19.4 Å². The number of benzene rings is 1. The van der Waals surface area contributed by atoms with Crippen molar-refractivity contribution in [1.82, 2.24) is 4.90 Å². The molecule has 138 valence electrons. The molecule has 0 aliphatic carbocycles. The molecule has 1 N–H and O–H groups in total. The molecule has 0 radical (unpaired) electrons. The molecule has 0 spiro atoms. The first-order chi connectivity index (χ1) is 12.4. The van der Waals surface area contributed by atoms with E-state index in [1.54, 1.807) is 25.1 Å². The molecular formula is C19H21NO4S2. The summed E-state index contributed by atoms with van der Waals surface area (Å²) >= 11 is 6.41. The smallest absolute Gasteiger partial charge is 0.327 e. The standard InChI is InChI=1S/C19H21NO4S2/c1-4-10-24-14-9-7-6-8-13(14)11-15-17(21)20(19(25)26-15)16(18(22)23)12(3)5-2/h4,6-9,11-12,16H,1,5,10H2,2-3H3,(H,22,23)/b15-11-/t12-,16-/m1/s1. The number of ether oxygens (including phenoxy) is 1. The van der Waals surface area contributed by atoms with Gasteiger partial charge in [0.05, 0.1) is 4.91 Å². The Balaban J connectivity index is 2.35. The van der Waals surface area contributed by atoms with E-state index in [1.807, 2.05) is 25.1 Å². The van der Waals surface area contributed by atoms with Crippen molar-refractivity contribution >= 4 is 46.3 Å². The second-order valence-corrected chi connectivity index (χ2v) is 7.53. The summed E-state index contributed by atoms with van der Waals surface area (Å²) in [5, 5.41) is 9.58. The second-order valence-electron chi connectivity index (χ2n) is 5.86. The van der Waals surface area contributed by atoms with E-state index in [9.17, 15) is 14.7 Å². The number of amides is 1. The number of thiocarbonyl (C=S) groups is 1. The van der Waals surface area contributed by atoms with Crippen LogP contribution in [0.2, 0.25) is 0 Å². The van der Waals surface area contributed by atoms with E-state index in [1.165, 1.54) is 4.90 Å². The van der Waals surface area contributed by atoms with E-state index in [4.69, 9.17) is 17.0 Å². The van der Waals surface area contributed by atoms with Crippen LogP contribution in [0, 0.1) is 5.92 Å². The van der Waals surface area contributed by atoms with Crippen LogP contribution < -0.4 is 4.74 Å². The van der Waals surface area contributed by atoms with Crippen molar-refractivity contribution in [2.75, 3.05) is 6.61 Å². The molecule has 1 amide bonds. The predicted octanol–water partition coefficient (Wildman–Crippen LogP) is 3.95. The molecule has 1 aliphatic rings. The van der Waals surface area contributed by atoms with E-state index < -0.39 is 12.0 Å². The topological polar surface area (TPSA) is 66.8 Å². The zero-order valence-corrected chi connectivity index (χ0v) is 16.3. The van der Waals surface area contributed by atoms with Crippen molar-refractivity contribution in [3.8, 4) is 5.75 Å². The Morgan fingerprint density at radius 1 is 1.46 bits per heavy atom. The van der Waals surface area contributed by atoms with Crippen molar-refractivity contribution in [2.45, 2.75) is 26.3 Å². The second kappa shape index (κ2) is 9.00. The third-order valence-electron chi connectivity index (χ3n) is 4.10. The lowest BCUT2D eigenvalue weighted by Crippen LogP contribution is -2.47. The van der Waals surface area contributed by atoms with Crippen LogP contribution >= 0.6 is 24.0 Å². The first-order valence-electron chi connectivity index (χ1n) is 8.23. The van der Waals surface area contributed by atoms with Crippen LogP contribution in [0.25, 0.3) is 6.08 Å². The van der Waals surface area contributed by atoms with E-state index in [-0.39, 0.29) is 16.1 Å². The molecule has 7 heteroatoms. The summed E-state index contributed by atoms with van der Waals surface area (Å²) in [6.07, 6.45) is 3.96. The summed E-state index contributed by atoms with van der Waals surface area (Å²) in [6, 6.07) is 6.34. The lowest BCUT2D eigenvalue weighted by atomic mass is 9.98. The molecule has 1 aromatic carbocycles. The maximum Gasteiger partial charge on any atom is 0.327 e. The fourth-order valence-corrected chi connectivity index (χ4v) is 3.89. The number of carboxylic acid groups (broad SMARTS) is 1. The average Bonchev–Trinajstić information content (AvgIpc) is 2.88. The Hall–Kier alpha value is -2.12. The number of thioether (sulfide) groups is 1. The highest BCUT2D eigenvalue weighted by atomic mass is 32.2. The molecule has 0 bridgehead atoms. The van der Waals surface area contributed by atoms with Gasteiger partial charge >= 0.3 is 5.97 Å². The molecular weight excluding hydrogens is 370 g/mol. The molecule has 0 aromatic heterocycles. The van der Waals surface area contributed by atoms with Gasteiger partial charge in [0.15, 0.2) is 0 Å². The van der Waals surface area contributed by atoms with E-state index in [0.29, 0.717) is 23.7 Å². The maximum absolute atomic E-state index is 12.8. The molecule has 1 saturated heterocycles. The molecule has 26 heavy (non-hydrogen) atoms. The quantitative estimate of drug-likeness (QED) is 0.411. The average molecular weight is 392 g/mol. The lowest BCUT2D eigenvalue weighted by molar-refractivity contribution is -0.147. The number of carbonyl (C=O) groups is 2. The van der Waals surface area contributed by atoms with Crippen LogP contribution in [0.5, 0.6) is 5.75 Å². The van der Waals surface area contributed by atoms with E-state index in [2.05, 4.69) is 6.58 Å². The van der Waals surface area contributed by atoms with Crippen LogP contribution in [-0.2, 0) is 9.59 Å². The van der Waals surface area contributed by atoms with Crippen LogP contribution in [-0.4, -0.2) is 38.9 Å². The molecule has 1 aliphatic heterocycles. The molecule has 5 nitrogen and oxygen atoms in total.